The molecule has 0 aliphatic carbocycles. The first kappa shape index (κ1) is 22.7. The molecule has 0 saturated carbocycles. The van der Waals surface area contributed by atoms with Gasteiger partial charge in [-0.2, -0.15) is 0 Å². The highest BCUT2D eigenvalue weighted by molar-refractivity contribution is 5.96. The molecule has 1 aromatic rings. The maximum Gasteiger partial charge on any atom is 0.241 e. The molecule has 26 heavy (non-hydrogen) atoms. The molecule has 1 fully saturated rings. The second-order valence-corrected chi connectivity index (χ2v) is 6.66. The lowest BCUT2D eigenvalue weighted by atomic mass is 10.1. The van der Waals surface area contributed by atoms with E-state index in [0.717, 1.165) is 31.7 Å². The Morgan fingerprint density at radius 3 is 2.38 bits per heavy atom. The fraction of sp³-hybridized carbons (Fsp3) is 0.556. The summed E-state index contributed by atoms with van der Waals surface area (Å²) in [6, 6.07) is 8.11. The van der Waals surface area contributed by atoms with Gasteiger partial charge in [0.1, 0.15) is 0 Å². The van der Waals surface area contributed by atoms with Crippen LogP contribution < -0.4 is 10.6 Å². The van der Waals surface area contributed by atoms with E-state index in [1.807, 2.05) is 34.9 Å². The Morgan fingerprint density at radius 2 is 1.73 bits per heavy atom. The standard InChI is InChI=1S/C18H26N4O2.2ClH/c1-14(12-19)18(24)21-10-8-20(9-11-21)13-17(23)22-7-6-15-4-2-3-5-16(15)22;;/h2-5,14H,6-13,19H2,1H3;2*1H. The van der Waals surface area contributed by atoms with E-state index in [9.17, 15) is 9.59 Å². The molecule has 1 atom stereocenters. The average molecular weight is 403 g/mol. The zero-order chi connectivity index (χ0) is 17.1. The maximum atomic E-state index is 12.6. The van der Waals surface area contributed by atoms with Crippen molar-refractivity contribution in [3.63, 3.8) is 0 Å². The number of carbonyl (C=O) groups excluding carboxylic acids is 2. The number of rotatable bonds is 4. The van der Waals surface area contributed by atoms with Crippen LogP contribution in [0.15, 0.2) is 24.3 Å². The SMILES string of the molecule is CC(CN)C(=O)N1CCN(CC(=O)N2CCc3ccccc32)CC1.Cl.Cl. The highest BCUT2D eigenvalue weighted by Gasteiger charge is 2.28. The van der Waals surface area contributed by atoms with Gasteiger partial charge in [0.15, 0.2) is 0 Å². The summed E-state index contributed by atoms with van der Waals surface area (Å²) in [5.74, 6) is 0.145. The van der Waals surface area contributed by atoms with Crippen LogP contribution in [0.3, 0.4) is 0 Å². The van der Waals surface area contributed by atoms with E-state index in [2.05, 4.69) is 11.0 Å². The van der Waals surface area contributed by atoms with E-state index >= 15 is 0 Å². The second kappa shape index (κ2) is 10.1. The van der Waals surface area contributed by atoms with Gasteiger partial charge in [-0.3, -0.25) is 14.5 Å². The minimum atomic E-state index is -0.126. The largest absolute Gasteiger partial charge is 0.340 e. The minimum Gasteiger partial charge on any atom is -0.340 e. The molecule has 8 heteroatoms. The number of fused-ring (bicyclic) bond motifs is 1. The second-order valence-electron chi connectivity index (χ2n) is 6.66. The number of carbonyl (C=O) groups is 2. The third-order valence-corrected chi connectivity index (χ3v) is 5.01. The van der Waals surface area contributed by atoms with Gasteiger partial charge in [0.2, 0.25) is 11.8 Å². The topological polar surface area (TPSA) is 69.9 Å². The molecule has 1 aromatic carbocycles. The van der Waals surface area contributed by atoms with E-state index in [4.69, 9.17) is 5.73 Å². The normalized spacial score (nSPS) is 17.8. The molecule has 2 aliphatic rings. The van der Waals surface area contributed by atoms with Gasteiger partial charge in [-0.1, -0.05) is 25.1 Å². The van der Waals surface area contributed by atoms with E-state index in [1.54, 1.807) is 0 Å². The number of nitrogens with two attached hydrogens (primary N) is 1. The highest BCUT2D eigenvalue weighted by Crippen LogP contribution is 2.27. The fourth-order valence-electron chi connectivity index (χ4n) is 3.41. The number of amides is 2. The Bertz CT molecular complexity index is 621. The van der Waals surface area contributed by atoms with E-state index in [1.165, 1.54) is 5.56 Å². The number of hydrogen-bond donors (Lipinski definition) is 1. The van der Waals surface area contributed by atoms with Gasteiger partial charge < -0.3 is 15.5 Å². The van der Waals surface area contributed by atoms with Crippen molar-refractivity contribution in [1.82, 2.24) is 9.80 Å². The molecule has 0 bridgehead atoms. The number of piperazine rings is 1. The van der Waals surface area contributed by atoms with Crippen molar-refractivity contribution in [2.24, 2.45) is 11.7 Å². The van der Waals surface area contributed by atoms with Crippen LogP contribution in [-0.4, -0.2) is 67.4 Å². The first-order valence-corrected chi connectivity index (χ1v) is 8.69. The lowest BCUT2D eigenvalue weighted by Crippen LogP contribution is -2.53. The Hall–Kier alpha value is -1.34. The molecule has 3 rings (SSSR count). The number of hydrogen-bond acceptors (Lipinski definition) is 4. The molecule has 0 spiro atoms. The zero-order valence-corrected chi connectivity index (χ0v) is 16.7. The van der Waals surface area contributed by atoms with Crippen LogP contribution in [-0.2, 0) is 16.0 Å². The van der Waals surface area contributed by atoms with Gasteiger partial charge in [-0.25, -0.2) is 0 Å². The number of nitrogens with zero attached hydrogens (tertiary/aromatic N) is 3. The number of benzene rings is 1. The Labute approximate surface area is 167 Å². The predicted octanol–water partition coefficient (Wildman–Crippen LogP) is 1.16. The molecule has 2 aliphatic heterocycles. The predicted molar refractivity (Wildman–Crippen MR) is 108 cm³/mol. The lowest BCUT2D eigenvalue weighted by Gasteiger charge is -2.36. The van der Waals surface area contributed by atoms with Crippen molar-refractivity contribution in [3.05, 3.63) is 29.8 Å². The summed E-state index contributed by atoms with van der Waals surface area (Å²) < 4.78 is 0. The van der Waals surface area contributed by atoms with Crippen molar-refractivity contribution in [3.8, 4) is 0 Å². The summed E-state index contributed by atoms with van der Waals surface area (Å²) >= 11 is 0. The minimum absolute atomic E-state index is 0. The van der Waals surface area contributed by atoms with Gasteiger partial charge in [-0.15, -0.1) is 24.8 Å². The summed E-state index contributed by atoms with van der Waals surface area (Å²) in [4.78, 5) is 30.7. The van der Waals surface area contributed by atoms with E-state index in [-0.39, 0.29) is 42.5 Å². The van der Waals surface area contributed by atoms with E-state index < -0.39 is 0 Å². The van der Waals surface area contributed by atoms with Crippen LogP contribution in [0.2, 0.25) is 0 Å². The molecule has 1 saturated heterocycles. The number of halogens is 2. The van der Waals surface area contributed by atoms with Gasteiger partial charge in [0.25, 0.3) is 0 Å². The Balaban J connectivity index is 0.00000169. The lowest BCUT2D eigenvalue weighted by molar-refractivity contribution is -0.136. The third kappa shape index (κ3) is 4.88. The zero-order valence-electron chi connectivity index (χ0n) is 15.1. The monoisotopic (exact) mass is 402 g/mol. The smallest absolute Gasteiger partial charge is 0.241 e. The van der Waals surface area contributed by atoms with Crippen LogP contribution in [0.1, 0.15) is 12.5 Å². The molecule has 2 N–H and O–H groups in total. The first-order chi connectivity index (χ1) is 11.6. The quantitative estimate of drug-likeness (QED) is 0.819. The van der Waals surface area contributed by atoms with Crippen molar-refractivity contribution in [2.45, 2.75) is 13.3 Å². The Morgan fingerprint density at radius 1 is 1.08 bits per heavy atom. The van der Waals surface area contributed by atoms with Gasteiger partial charge in [-0.05, 0) is 18.1 Å². The molecular weight excluding hydrogens is 375 g/mol. The van der Waals surface area contributed by atoms with Crippen LogP contribution in [0.4, 0.5) is 5.69 Å². The van der Waals surface area contributed by atoms with Gasteiger partial charge >= 0.3 is 0 Å². The maximum absolute atomic E-state index is 12.6. The fourth-order valence-corrected chi connectivity index (χ4v) is 3.41. The van der Waals surface area contributed by atoms with Crippen molar-refractivity contribution in [1.29, 1.82) is 0 Å². The summed E-state index contributed by atoms with van der Waals surface area (Å²) in [7, 11) is 0. The average Bonchev–Trinajstić information content (AvgIpc) is 3.05. The molecule has 2 heterocycles. The van der Waals surface area contributed by atoms with Crippen LogP contribution >= 0.6 is 24.8 Å². The van der Waals surface area contributed by atoms with E-state index in [0.29, 0.717) is 26.2 Å². The molecule has 146 valence electrons. The molecule has 1 unspecified atom stereocenters. The molecule has 2 amide bonds. The molecule has 0 aromatic heterocycles. The van der Waals surface area contributed by atoms with Crippen LogP contribution in [0.25, 0.3) is 0 Å². The number of para-hydroxylation sites is 1. The summed E-state index contributed by atoms with van der Waals surface area (Å²) in [6.45, 7) is 6.26. The van der Waals surface area contributed by atoms with Crippen molar-refractivity contribution >= 4 is 42.3 Å². The number of anilines is 1. The highest BCUT2D eigenvalue weighted by atomic mass is 35.5. The van der Waals surface area contributed by atoms with Gasteiger partial charge in [0, 0.05) is 50.9 Å². The van der Waals surface area contributed by atoms with Crippen molar-refractivity contribution < 1.29 is 9.59 Å². The molecule has 0 radical (unpaired) electrons. The van der Waals surface area contributed by atoms with Crippen LogP contribution in [0, 0.1) is 5.92 Å². The third-order valence-electron chi connectivity index (χ3n) is 5.01. The summed E-state index contributed by atoms with van der Waals surface area (Å²) in [5.41, 5.74) is 7.87. The first-order valence-electron chi connectivity index (χ1n) is 8.69. The molecular formula is C18H28Cl2N4O2. The van der Waals surface area contributed by atoms with Crippen LogP contribution in [0.5, 0.6) is 0 Å². The Kier molecular flexibility index (Phi) is 8.83. The van der Waals surface area contributed by atoms with Gasteiger partial charge in [0.05, 0.1) is 6.54 Å². The summed E-state index contributed by atoms with van der Waals surface area (Å²) in [5, 5.41) is 0. The molecule has 6 nitrogen and oxygen atoms in total. The summed E-state index contributed by atoms with van der Waals surface area (Å²) in [6.07, 6.45) is 0.932. The van der Waals surface area contributed by atoms with Crippen molar-refractivity contribution in [2.75, 3.05) is 50.7 Å².